The van der Waals surface area contributed by atoms with Crippen LogP contribution in [0, 0.1) is 0 Å². The molecule has 0 saturated carbocycles. The third kappa shape index (κ3) is 5.71. The summed E-state index contributed by atoms with van der Waals surface area (Å²) in [4.78, 5) is 38.5. The minimum atomic E-state index is -1.57. The molecule has 0 aromatic heterocycles. The lowest BCUT2D eigenvalue weighted by Crippen LogP contribution is -2.62. The number of alkyl carbamates (subject to hydrolysis) is 1. The van der Waals surface area contributed by atoms with E-state index in [1.165, 1.54) is 0 Å². The topological polar surface area (TPSA) is 123 Å². The zero-order valence-corrected chi connectivity index (χ0v) is 22.2. The molecule has 9 nitrogen and oxygen atoms in total. The Morgan fingerprint density at radius 2 is 1.60 bits per heavy atom. The summed E-state index contributed by atoms with van der Waals surface area (Å²) in [5.74, 6) is -2.04. The molecule has 0 radical (unpaired) electrons. The van der Waals surface area contributed by atoms with E-state index in [0.29, 0.717) is 0 Å². The first-order chi connectivity index (χ1) is 19.4. The highest BCUT2D eigenvalue weighted by Crippen LogP contribution is 2.44. The Labute approximate surface area is 232 Å². The van der Waals surface area contributed by atoms with Crippen LogP contribution in [0.15, 0.2) is 78.9 Å². The molecule has 3 aromatic carbocycles. The van der Waals surface area contributed by atoms with E-state index in [4.69, 9.17) is 14.2 Å². The number of carbonyl (C=O) groups excluding carboxylic acids is 2. The average Bonchev–Trinajstić information content (AvgIpc) is 3.57. The molecule has 2 aliphatic rings. The average molecular weight is 545 g/mol. The van der Waals surface area contributed by atoms with Crippen molar-refractivity contribution in [3.05, 3.63) is 95.6 Å². The lowest BCUT2D eigenvalue weighted by atomic mass is 9.97. The Bertz CT molecular complexity index is 1330. The third-order valence-corrected chi connectivity index (χ3v) is 7.52. The van der Waals surface area contributed by atoms with Gasteiger partial charge in [0.25, 0.3) is 0 Å². The van der Waals surface area contributed by atoms with Crippen LogP contribution in [0.1, 0.15) is 36.0 Å². The molecule has 1 aliphatic heterocycles. The van der Waals surface area contributed by atoms with Gasteiger partial charge in [-0.05, 0) is 34.7 Å². The number of carboxylic acid groups (broad SMARTS) is 1. The summed E-state index contributed by atoms with van der Waals surface area (Å²) in [5, 5.41) is 15.0. The van der Waals surface area contributed by atoms with Crippen LogP contribution >= 0.6 is 0 Å². The molecular weight excluding hydrogens is 512 g/mol. The van der Waals surface area contributed by atoms with E-state index in [0.717, 1.165) is 27.8 Å². The van der Waals surface area contributed by atoms with Crippen LogP contribution in [0.4, 0.5) is 4.79 Å². The van der Waals surface area contributed by atoms with Gasteiger partial charge in [0.05, 0.1) is 19.3 Å². The molecule has 3 atom stereocenters. The minimum absolute atomic E-state index is 0.0698. The fourth-order valence-corrected chi connectivity index (χ4v) is 5.26. The van der Waals surface area contributed by atoms with Crippen molar-refractivity contribution in [1.29, 1.82) is 0 Å². The highest BCUT2D eigenvalue weighted by molar-refractivity contribution is 5.92. The molecule has 40 heavy (non-hydrogen) atoms. The number of benzene rings is 3. The predicted octanol–water partition coefficient (Wildman–Crippen LogP) is 3.86. The van der Waals surface area contributed by atoms with Crippen LogP contribution in [0.3, 0.4) is 0 Å². The summed E-state index contributed by atoms with van der Waals surface area (Å²) in [7, 11) is 0. The van der Waals surface area contributed by atoms with Crippen LogP contribution in [0.25, 0.3) is 11.1 Å². The molecule has 2 amide bonds. The number of nitrogens with one attached hydrogen (secondary N) is 2. The van der Waals surface area contributed by atoms with Crippen molar-refractivity contribution in [1.82, 2.24) is 10.6 Å². The van der Waals surface area contributed by atoms with E-state index < -0.39 is 35.7 Å². The van der Waals surface area contributed by atoms with Crippen molar-refractivity contribution in [3.63, 3.8) is 0 Å². The van der Waals surface area contributed by atoms with Gasteiger partial charge in [0.15, 0.2) is 5.54 Å². The Balaban J connectivity index is 1.29. The SMILES string of the molecule is C[C@H](OCc1ccccc1)[C@@H](NC(=O)OCC1c2ccccc2-c2ccccc21)C(=O)NC1(C(=O)O)CCOC1. The molecule has 3 N–H and O–H groups in total. The maximum absolute atomic E-state index is 13.4. The van der Waals surface area contributed by atoms with E-state index in [2.05, 4.69) is 10.6 Å². The number of aliphatic carboxylic acids is 1. The van der Waals surface area contributed by atoms with Gasteiger partial charge in [0.2, 0.25) is 5.91 Å². The van der Waals surface area contributed by atoms with E-state index in [9.17, 15) is 19.5 Å². The van der Waals surface area contributed by atoms with Gasteiger partial charge in [-0.3, -0.25) is 4.79 Å². The quantitative estimate of drug-likeness (QED) is 0.354. The van der Waals surface area contributed by atoms with Gasteiger partial charge in [-0.2, -0.15) is 0 Å². The normalized spacial score (nSPS) is 19.2. The van der Waals surface area contributed by atoms with Crippen molar-refractivity contribution >= 4 is 18.0 Å². The molecule has 0 bridgehead atoms. The maximum atomic E-state index is 13.4. The molecule has 208 valence electrons. The van der Waals surface area contributed by atoms with E-state index in [1.54, 1.807) is 6.92 Å². The van der Waals surface area contributed by atoms with Crippen LogP contribution in [0.2, 0.25) is 0 Å². The second-order valence-electron chi connectivity index (χ2n) is 10.1. The summed E-state index contributed by atoms with van der Waals surface area (Å²) in [6, 6.07) is 24.2. The van der Waals surface area contributed by atoms with Crippen molar-refractivity contribution in [2.45, 2.75) is 43.6 Å². The fourth-order valence-electron chi connectivity index (χ4n) is 5.26. The van der Waals surface area contributed by atoms with Crippen LogP contribution in [-0.2, 0) is 30.4 Å². The maximum Gasteiger partial charge on any atom is 0.407 e. The second-order valence-corrected chi connectivity index (χ2v) is 10.1. The number of carbonyl (C=O) groups is 3. The van der Waals surface area contributed by atoms with Crippen LogP contribution in [-0.4, -0.2) is 60.6 Å². The molecule has 0 spiro atoms. The van der Waals surface area contributed by atoms with Gasteiger partial charge in [-0.15, -0.1) is 0 Å². The zero-order chi connectivity index (χ0) is 28.1. The molecule has 9 heteroatoms. The molecule has 1 fully saturated rings. The van der Waals surface area contributed by atoms with Crippen molar-refractivity contribution < 1.29 is 33.7 Å². The number of rotatable bonds is 10. The summed E-state index contributed by atoms with van der Waals surface area (Å²) in [5.41, 5.74) is 3.65. The zero-order valence-electron chi connectivity index (χ0n) is 22.2. The lowest BCUT2D eigenvalue weighted by molar-refractivity contribution is -0.148. The first-order valence-electron chi connectivity index (χ1n) is 13.3. The molecule has 1 unspecified atom stereocenters. The Kier molecular flexibility index (Phi) is 8.14. The lowest BCUT2D eigenvalue weighted by Gasteiger charge is -2.29. The summed E-state index contributed by atoms with van der Waals surface area (Å²) >= 11 is 0. The Hall–Kier alpha value is -4.21. The van der Waals surface area contributed by atoms with Crippen molar-refractivity contribution in [2.24, 2.45) is 0 Å². The van der Waals surface area contributed by atoms with Gasteiger partial charge < -0.3 is 30.0 Å². The molecule has 5 rings (SSSR count). The highest BCUT2D eigenvalue weighted by atomic mass is 16.5. The molecule has 1 saturated heterocycles. The summed E-state index contributed by atoms with van der Waals surface area (Å²) < 4.78 is 16.8. The summed E-state index contributed by atoms with van der Waals surface area (Å²) in [6.45, 7) is 1.96. The van der Waals surface area contributed by atoms with Gasteiger partial charge in [-0.1, -0.05) is 78.9 Å². The number of amides is 2. The molecule has 1 heterocycles. The third-order valence-electron chi connectivity index (χ3n) is 7.52. The first kappa shape index (κ1) is 27.4. The summed E-state index contributed by atoms with van der Waals surface area (Å²) in [6.07, 6.45) is -1.48. The van der Waals surface area contributed by atoms with Gasteiger partial charge in [0.1, 0.15) is 12.6 Å². The number of fused-ring (bicyclic) bond motifs is 3. The van der Waals surface area contributed by atoms with Gasteiger partial charge in [-0.25, -0.2) is 9.59 Å². The van der Waals surface area contributed by atoms with E-state index in [-0.39, 0.29) is 38.8 Å². The van der Waals surface area contributed by atoms with Gasteiger partial charge in [0, 0.05) is 18.9 Å². The molecule has 3 aromatic rings. The monoisotopic (exact) mass is 544 g/mol. The second kappa shape index (κ2) is 11.9. The van der Waals surface area contributed by atoms with Crippen LogP contribution in [0.5, 0.6) is 0 Å². The smallest absolute Gasteiger partial charge is 0.407 e. The number of hydrogen-bond acceptors (Lipinski definition) is 6. The van der Waals surface area contributed by atoms with E-state index >= 15 is 0 Å². The van der Waals surface area contributed by atoms with Gasteiger partial charge >= 0.3 is 12.1 Å². The number of ether oxygens (including phenoxy) is 3. The highest BCUT2D eigenvalue weighted by Gasteiger charge is 2.46. The first-order valence-corrected chi connectivity index (χ1v) is 13.3. The number of carboxylic acids is 1. The van der Waals surface area contributed by atoms with Crippen molar-refractivity contribution in [3.8, 4) is 11.1 Å². The molecule has 1 aliphatic carbocycles. The molecular formula is C31H32N2O7. The minimum Gasteiger partial charge on any atom is -0.479 e. The standard InChI is InChI=1S/C31H32N2O7/c1-20(39-17-21-9-3-2-4-10-21)27(28(34)33-31(29(35)36)15-16-38-19-31)32-30(37)40-18-26-24-13-7-5-11-22(24)23-12-6-8-14-25(23)26/h2-14,20,26-27H,15-19H2,1H3,(H,32,37)(H,33,34)(H,35,36)/t20-,27+,31?/m0/s1. The largest absolute Gasteiger partial charge is 0.479 e. The number of hydrogen-bond donors (Lipinski definition) is 3. The Morgan fingerprint density at radius 1 is 0.975 bits per heavy atom. The Morgan fingerprint density at radius 3 is 2.20 bits per heavy atom. The van der Waals surface area contributed by atoms with Crippen LogP contribution < -0.4 is 10.6 Å². The van der Waals surface area contributed by atoms with E-state index in [1.807, 2.05) is 78.9 Å². The van der Waals surface area contributed by atoms with Crippen molar-refractivity contribution in [2.75, 3.05) is 19.8 Å². The fraction of sp³-hybridized carbons (Fsp3) is 0.323. The predicted molar refractivity (Wildman–Crippen MR) is 147 cm³/mol.